The number of aromatic nitrogens is 4. The van der Waals surface area contributed by atoms with Crippen LogP contribution in [0, 0.1) is 5.92 Å². The molecule has 3 heterocycles. The van der Waals surface area contributed by atoms with Gasteiger partial charge < -0.3 is 31.1 Å². The van der Waals surface area contributed by atoms with Crippen molar-refractivity contribution in [3.8, 4) is 0 Å². The van der Waals surface area contributed by atoms with Crippen LogP contribution >= 0.6 is 0 Å². The fourth-order valence-electron chi connectivity index (χ4n) is 3.40. The van der Waals surface area contributed by atoms with Crippen LogP contribution in [0.5, 0.6) is 0 Å². The molecule has 3 rings (SSSR count). The lowest BCUT2D eigenvalue weighted by Crippen LogP contribution is -2.33. The van der Waals surface area contributed by atoms with Crippen LogP contribution in [0.4, 0.5) is 11.8 Å². The summed E-state index contributed by atoms with van der Waals surface area (Å²) in [7, 11) is 0. The fraction of sp³-hybridized carbons (Fsp3) is 0.706. The molecule has 0 radical (unpaired) electrons. The summed E-state index contributed by atoms with van der Waals surface area (Å²) in [6.07, 6.45) is 0.465. The Labute approximate surface area is 157 Å². The van der Waals surface area contributed by atoms with Gasteiger partial charge >= 0.3 is 0 Å². The fourth-order valence-corrected chi connectivity index (χ4v) is 3.40. The number of nitrogens with zero attached hydrogens (tertiary/aromatic N) is 4. The lowest BCUT2D eigenvalue weighted by atomic mass is 10.00. The molecule has 0 spiro atoms. The number of hydrogen-bond donors (Lipinski definition) is 5. The van der Waals surface area contributed by atoms with Gasteiger partial charge in [-0.1, -0.05) is 26.7 Å². The zero-order valence-electron chi connectivity index (χ0n) is 15.6. The van der Waals surface area contributed by atoms with Crippen molar-refractivity contribution in [3.63, 3.8) is 0 Å². The third kappa shape index (κ3) is 3.84. The van der Waals surface area contributed by atoms with Gasteiger partial charge in [-0.05, 0) is 12.3 Å². The number of hydrogen-bond acceptors (Lipinski definition) is 9. The van der Waals surface area contributed by atoms with E-state index in [2.05, 4.69) is 34.1 Å². The highest BCUT2D eigenvalue weighted by atomic mass is 16.6. The van der Waals surface area contributed by atoms with Crippen molar-refractivity contribution < 1.29 is 20.1 Å². The third-order valence-electron chi connectivity index (χ3n) is 5.23. The number of imidazole rings is 1. The van der Waals surface area contributed by atoms with E-state index >= 15 is 0 Å². The van der Waals surface area contributed by atoms with E-state index in [0.717, 1.165) is 25.8 Å². The lowest BCUT2D eigenvalue weighted by Gasteiger charge is -2.17. The van der Waals surface area contributed by atoms with Gasteiger partial charge in [0.05, 0.1) is 12.9 Å². The van der Waals surface area contributed by atoms with E-state index in [4.69, 9.17) is 10.5 Å². The summed E-state index contributed by atoms with van der Waals surface area (Å²) < 4.78 is 7.06. The van der Waals surface area contributed by atoms with E-state index in [1.54, 1.807) is 0 Å². The third-order valence-corrected chi connectivity index (χ3v) is 5.23. The molecule has 0 unspecified atom stereocenters. The summed E-state index contributed by atoms with van der Waals surface area (Å²) in [6.45, 7) is 4.67. The average Bonchev–Trinajstić information content (AvgIpc) is 3.21. The van der Waals surface area contributed by atoms with Gasteiger partial charge in [0.1, 0.15) is 23.8 Å². The standard InChI is InChI=1S/C17H28N6O4/c1-3-9(4-2)5-6-19-17-21-14(18)11-15(22-17)23(8-20-11)16-13(26)12(25)10(7-24)27-16/h8-10,12-13,16,24-26H,3-7H2,1-2H3,(H3,18,19,21,22)/t10-,12-,13-,16-/m1/s1. The SMILES string of the molecule is CCC(CC)CCNc1nc(N)c2ncn([C@@H]3O[C@H](CO)[C@@H](O)[C@H]3O)c2n1. The summed E-state index contributed by atoms with van der Waals surface area (Å²) in [5.41, 5.74) is 6.79. The van der Waals surface area contributed by atoms with Gasteiger partial charge in [-0.25, -0.2) is 4.98 Å². The van der Waals surface area contributed by atoms with Crippen molar-refractivity contribution in [2.45, 2.75) is 57.6 Å². The average molecular weight is 380 g/mol. The molecule has 10 nitrogen and oxygen atoms in total. The van der Waals surface area contributed by atoms with E-state index in [-0.39, 0.29) is 5.82 Å². The smallest absolute Gasteiger partial charge is 0.226 e. The molecular weight excluding hydrogens is 352 g/mol. The van der Waals surface area contributed by atoms with Crippen molar-refractivity contribution in [1.82, 2.24) is 19.5 Å². The van der Waals surface area contributed by atoms with Crippen LogP contribution in [0.25, 0.3) is 11.2 Å². The Balaban J connectivity index is 1.83. The molecule has 150 valence electrons. The van der Waals surface area contributed by atoms with E-state index in [0.29, 0.717) is 23.0 Å². The molecular formula is C17H28N6O4. The number of anilines is 2. The largest absolute Gasteiger partial charge is 0.394 e. The van der Waals surface area contributed by atoms with Crippen LogP contribution in [0.1, 0.15) is 39.3 Å². The van der Waals surface area contributed by atoms with Gasteiger partial charge in [-0.2, -0.15) is 9.97 Å². The van der Waals surface area contributed by atoms with Gasteiger partial charge in [0, 0.05) is 6.54 Å². The molecule has 0 saturated carbocycles. The van der Waals surface area contributed by atoms with E-state index < -0.39 is 31.1 Å². The molecule has 1 aliphatic rings. The van der Waals surface area contributed by atoms with Crippen molar-refractivity contribution in [3.05, 3.63) is 6.33 Å². The van der Waals surface area contributed by atoms with Crippen LogP contribution in [0.2, 0.25) is 0 Å². The Hall–Kier alpha value is -2.01. The second-order valence-corrected chi connectivity index (χ2v) is 6.88. The Kier molecular flexibility index (Phi) is 6.10. The number of nitrogens with two attached hydrogens (primary N) is 1. The minimum atomic E-state index is -1.22. The molecule has 1 fully saturated rings. The summed E-state index contributed by atoms with van der Waals surface area (Å²) in [5.74, 6) is 1.23. The molecule has 2 aromatic rings. The maximum atomic E-state index is 10.3. The molecule has 10 heteroatoms. The minimum Gasteiger partial charge on any atom is -0.394 e. The van der Waals surface area contributed by atoms with Crippen molar-refractivity contribution in [2.75, 3.05) is 24.2 Å². The van der Waals surface area contributed by atoms with Crippen LogP contribution < -0.4 is 11.1 Å². The molecule has 1 saturated heterocycles. The Morgan fingerprint density at radius 2 is 2.00 bits per heavy atom. The number of aliphatic hydroxyl groups is 3. The van der Waals surface area contributed by atoms with Crippen LogP contribution in [0.15, 0.2) is 6.33 Å². The summed E-state index contributed by atoms with van der Waals surface area (Å²) in [4.78, 5) is 12.9. The first-order valence-electron chi connectivity index (χ1n) is 9.36. The second-order valence-electron chi connectivity index (χ2n) is 6.88. The van der Waals surface area contributed by atoms with Gasteiger partial charge in [0.25, 0.3) is 0 Å². The van der Waals surface area contributed by atoms with E-state index in [9.17, 15) is 15.3 Å². The molecule has 1 aliphatic heterocycles. The number of nitrogen functional groups attached to an aromatic ring is 1. The first-order valence-corrected chi connectivity index (χ1v) is 9.36. The van der Waals surface area contributed by atoms with Gasteiger partial charge in [0.15, 0.2) is 17.7 Å². The molecule has 2 aromatic heterocycles. The maximum absolute atomic E-state index is 10.3. The first-order chi connectivity index (χ1) is 13.0. The number of nitrogens with one attached hydrogen (secondary N) is 1. The van der Waals surface area contributed by atoms with Crippen molar-refractivity contribution >= 4 is 22.9 Å². The normalized spacial score (nSPS) is 25.6. The second kappa shape index (κ2) is 8.34. The summed E-state index contributed by atoms with van der Waals surface area (Å²) in [6, 6.07) is 0. The number of aliphatic hydroxyl groups excluding tert-OH is 3. The van der Waals surface area contributed by atoms with Crippen molar-refractivity contribution in [1.29, 1.82) is 0 Å². The quantitative estimate of drug-likeness (QED) is 0.434. The predicted molar refractivity (Wildman–Crippen MR) is 99.9 cm³/mol. The molecule has 0 bridgehead atoms. The molecule has 0 aromatic carbocycles. The Morgan fingerprint density at radius 1 is 1.26 bits per heavy atom. The summed E-state index contributed by atoms with van der Waals surface area (Å²) >= 11 is 0. The topological polar surface area (TPSA) is 152 Å². The lowest BCUT2D eigenvalue weighted by molar-refractivity contribution is -0.0511. The maximum Gasteiger partial charge on any atom is 0.226 e. The predicted octanol–water partition coefficient (Wildman–Crippen LogP) is 0.258. The number of fused-ring (bicyclic) bond motifs is 1. The highest BCUT2D eigenvalue weighted by Crippen LogP contribution is 2.32. The van der Waals surface area contributed by atoms with Gasteiger partial charge in [0.2, 0.25) is 5.95 Å². The zero-order valence-corrected chi connectivity index (χ0v) is 15.6. The van der Waals surface area contributed by atoms with Gasteiger partial charge in [-0.3, -0.25) is 4.57 Å². The van der Waals surface area contributed by atoms with Gasteiger partial charge in [-0.15, -0.1) is 0 Å². The minimum absolute atomic E-state index is 0.218. The molecule has 27 heavy (non-hydrogen) atoms. The molecule has 0 amide bonds. The number of ether oxygens (including phenoxy) is 1. The monoisotopic (exact) mass is 380 g/mol. The zero-order chi connectivity index (χ0) is 19.6. The highest BCUT2D eigenvalue weighted by Gasteiger charge is 2.44. The Bertz CT molecular complexity index is 765. The molecule has 4 atom stereocenters. The van der Waals surface area contributed by atoms with Crippen LogP contribution in [-0.2, 0) is 4.74 Å². The first kappa shape index (κ1) is 19.7. The number of rotatable bonds is 8. The van der Waals surface area contributed by atoms with Crippen molar-refractivity contribution in [2.24, 2.45) is 5.92 Å². The van der Waals surface area contributed by atoms with Crippen LogP contribution in [0.3, 0.4) is 0 Å². The highest BCUT2D eigenvalue weighted by molar-refractivity contribution is 5.82. The van der Waals surface area contributed by atoms with E-state index in [1.807, 2.05) is 0 Å². The molecule has 6 N–H and O–H groups in total. The van der Waals surface area contributed by atoms with Crippen LogP contribution in [-0.4, -0.2) is 66.3 Å². The molecule has 0 aliphatic carbocycles. The van der Waals surface area contributed by atoms with E-state index in [1.165, 1.54) is 10.9 Å². The summed E-state index contributed by atoms with van der Waals surface area (Å²) in [5, 5.41) is 32.7. The Morgan fingerprint density at radius 3 is 2.63 bits per heavy atom.